The molecule has 0 saturated heterocycles. The lowest BCUT2D eigenvalue weighted by Gasteiger charge is -2.36. The van der Waals surface area contributed by atoms with Gasteiger partial charge in [-0.25, -0.2) is 0 Å². The van der Waals surface area contributed by atoms with Crippen molar-refractivity contribution >= 4 is 0 Å². The third-order valence-electron chi connectivity index (χ3n) is 5.94. The second kappa shape index (κ2) is 8.56. The molecule has 0 bridgehead atoms. The van der Waals surface area contributed by atoms with Gasteiger partial charge < -0.3 is 4.74 Å². The SMILES string of the molecule is COC(CCC[C@H]1CC[C@H](C2CCCCC2)CC1)C(F)(F)F. The van der Waals surface area contributed by atoms with Crippen molar-refractivity contribution in [2.75, 3.05) is 7.11 Å². The van der Waals surface area contributed by atoms with Crippen LogP contribution in [-0.2, 0) is 4.74 Å². The van der Waals surface area contributed by atoms with Crippen LogP contribution in [0.3, 0.4) is 0 Å². The Labute approximate surface area is 133 Å². The third kappa shape index (κ3) is 5.43. The molecule has 22 heavy (non-hydrogen) atoms. The predicted octanol–water partition coefficient (Wildman–Crippen LogP) is 6.12. The topological polar surface area (TPSA) is 9.23 Å². The van der Waals surface area contributed by atoms with Crippen LogP contribution in [0.25, 0.3) is 0 Å². The average molecular weight is 320 g/mol. The molecule has 130 valence electrons. The van der Waals surface area contributed by atoms with Crippen molar-refractivity contribution in [1.82, 2.24) is 0 Å². The van der Waals surface area contributed by atoms with Gasteiger partial charge in [0.05, 0.1) is 0 Å². The van der Waals surface area contributed by atoms with Crippen molar-refractivity contribution in [2.24, 2.45) is 17.8 Å². The maximum atomic E-state index is 12.6. The van der Waals surface area contributed by atoms with E-state index in [0.29, 0.717) is 12.3 Å². The number of alkyl halides is 3. The van der Waals surface area contributed by atoms with Gasteiger partial charge in [-0.1, -0.05) is 57.8 Å². The first kappa shape index (κ1) is 18.1. The number of ether oxygens (including phenoxy) is 1. The first-order valence-electron chi connectivity index (χ1n) is 9.10. The van der Waals surface area contributed by atoms with E-state index in [1.54, 1.807) is 0 Å². The van der Waals surface area contributed by atoms with Gasteiger partial charge in [0.1, 0.15) is 0 Å². The summed E-state index contributed by atoms with van der Waals surface area (Å²) in [5, 5.41) is 0. The largest absolute Gasteiger partial charge is 0.414 e. The Kier molecular flexibility index (Phi) is 7.04. The van der Waals surface area contributed by atoms with Crippen LogP contribution >= 0.6 is 0 Å². The van der Waals surface area contributed by atoms with Gasteiger partial charge >= 0.3 is 6.18 Å². The summed E-state index contributed by atoms with van der Waals surface area (Å²) in [6.07, 6.45) is 8.01. The quantitative estimate of drug-likeness (QED) is 0.573. The zero-order chi connectivity index (χ0) is 16.0. The number of hydrogen-bond acceptors (Lipinski definition) is 1. The summed E-state index contributed by atoms with van der Waals surface area (Å²) in [7, 11) is 1.16. The number of halogens is 3. The normalized spacial score (nSPS) is 29.5. The summed E-state index contributed by atoms with van der Waals surface area (Å²) in [6.45, 7) is 0. The highest BCUT2D eigenvalue weighted by Gasteiger charge is 2.39. The molecular weight excluding hydrogens is 289 g/mol. The van der Waals surface area contributed by atoms with Gasteiger partial charge in [-0.05, 0) is 37.0 Å². The van der Waals surface area contributed by atoms with Crippen LogP contribution in [0.15, 0.2) is 0 Å². The van der Waals surface area contributed by atoms with E-state index in [1.807, 2.05) is 0 Å². The smallest absolute Gasteiger partial charge is 0.372 e. The van der Waals surface area contributed by atoms with E-state index in [4.69, 9.17) is 0 Å². The molecule has 2 aliphatic rings. The van der Waals surface area contributed by atoms with Crippen LogP contribution in [0.5, 0.6) is 0 Å². The van der Waals surface area contributed by atoms with Gasteiger partial charge in [0.15, 0.2) is 6.10 Å². The van der Waals surface area contributed by atoms with Crippen molar-refractivity contribution in [3.8, 4) is 0 Å². The summed E-state index contributed by atoms with van der Waals surface area (Å²) in [5.41, 5.74) is 0. The Morgan fingerprint density at radius 1 is 0.909 bits per heavy atom. The first-order chi connectivity index (χ1) is 10.5. The van der Waals surface area contributed by atoms with Crippen LogP contribution in [-0.4, -0.2) is 19.4 Å². The molecule has 2 aliphatic carbocycles. The minimum Gasteiger partial charge on any atom is -0.372 e. The minimum absolute atomic E-state index is 0.114. The average Bonchev–Trinajstić information content (AvgIpc) is 2.52. The predicted molar refractivity (Wildman–Crippen MR) is 82.7 cm³/mol. The molecule has 0 radical (unpaired) electrons. The molecular formula is C18H31F3O. The second-order valence-corrected chi connectivity index (χ2v) is 7.38. The molecule has 0 amide bonds. The van der Waals surface area contributed by atoms with Crippen molar-refractivity contribution in [3.05, 3.63) is 0 Å². The summed E-state index contributed by atoms with van der Waals surface area (Å²) in [4.78, 5) is 0. The lowest BCUT2D eigenvalue weighted by Crippen LogP contribution is -2.30. The number of rotatable bonds is 6. The highest BCUT2D eigenvalue weighted by molar-refractivity contribution is 4.80. The molecule has 1 nitrogen and oxygen atoms in total. The Bertz CT molecular complexity index is 302. The standard InChI is InChI=1S/C18H31F3O/c1-22-17(18(19,20)21)9-5-6-14-10-12-16(13-11-14)15-7-3-2-4-8-15/h14-17H,2-13H2,1H3/t14-,16-,17?. The molecule has 0 aromatic carbocycles. The van der Waals surface area contributed by atoms with Gasteiger partial charge in [0, 0.05) is 7.11 Å². The highest BCUT2D eigenvalue weighted by atomic mass is 19.4. The van der Waals surface area contributed by atoms with Crippen LogP contribution in [0.2, 0.25) is 0 Å². The van der Waals surface area contributed by atoms with Crippen molar-refractivity contribution in [1.29, 1.82) is 0 Å². The Morgan fingerprint density at radius 3 is 2.05 bits per heavy atom. The van der Waals surface area contributed by atoms with Crippen LogP contribution in [0, 0.1) is 17.8 Å². The molecule has 0 aromatic rings. The second-order valence-electron chi connectivity index (χ2n) is 7.38. The lowest BCUT2D eigenvalue weighted by molar-refractivity contribution is -0.214. The highest BCUT2D eigenvalue weighted by Crippen LogP contribution is 2.41. The van der Waals surface area contributed by atoms with E-state index in [1.165, 1.54) is 57.8 Å². The first-order valence-corrected chi connectivity index (χ1v) is 9.10. The van der Waals surface area contributed by atoms with E-state index in [9.17, 15) is 13.2 Å². The number of hydrogen-bond donors (Lipinski definition) is 0. The zero-order valence-electron chi connectivity index (χ0n) is 13.8. The molecule has 4 heteroatoms. The summed E-state index contributed by atoms with van der Waals surface area (Å²) < 4.78 is 42.4. The van der Waals surface area contributed by atoms with Crippen molar-refractivity contribution in [2.45, 2.75) is 89.3 Å². The Balaban J connectivity index is 1.63. The van der Waals surface area contributed by atoms with Gasteiger partial charge in [0.25, 0.3) is 0 Å². The van der Waals surface area contributed by atoms with Crippen LogP contribution < -0.4 is 0 Å². The lowest BCUT2D eigenvalue weighted by atomic mass is 9.70. The molecule has 0 heterocycles. The van der Waals surface area contributed by atoms with Crippen molar-refractivity contribution in [3.63, 3.8) is 0 Å². The fourth-order valence-electron chi connectivity index (χ4n) is 4.56. The van der Waals surface area contributed by atoms with E-state index in [0.717, 1.165) is 25.4 Å². The van der Waals surface area contributed by atoms with Gasteiger partial charge in [-0.15, -0.1) is 0 Å². The molecule has 1 unspecified atom stereocenters. The number of methoxy groups -OCH3 is 1. The molecule has 2 fully saturated rings. The van der Waals surface area contributed by atoms with E-state index >= 15 is 0 Å². The molecule has 1 atom stereocenters. The summed E-state index contributed by atoms with van der Waals surface area (Å²) in [6, 6.07) is 0. The molecule has 2 saturated carbocycles. The van der Waals surface area contributed by atoms with E-state index < -0.39 is 12.3 Å². The fourth-order valence-corrected chi connectivity index (χ4v) is 4.56. The van der Waals surface area contributed by atoms with Crippen molar-refractivity contribution < 1.29 is 17.9 Å². The molecule has 0 spiro atoms. The molecule has 0 aliphatic heterocycles. The maximum absolute atomic E-state index is 12.6. The fraction of sp³-hybridized carbons (Fsp3) is 1.00. The molecule has 0 N–H and O–H groups in total. The van der Waals surface area contributed by atoms with E-state index in [2.05, 4.69) is 4.74 Å². The van der Waals surface area contributed by atoms with Gasteiger partial charge in [-0.2, -0.15) is 13.2 Å². The summed E-state index contributed by atoms with van der Waals surface area (Å²) in [5.74, 6) is 2.49. The van der Waals surface area contributed by atoms with Crippen LogP contribution in [0.1, 0.15) is 77.0 Å². The van der Waals surface area contributed by atoms with Gasteiger partial charge in [0.2, 0.25) is 0 Å². The monoisotopic (exact) mass is 320 g/mol. The zero-order valence-corrected chi connectivity index (χ0v) is 13.8. The van der Waals surface area contributed by atoms with E-state index in [-0.39, 0.29) is 6.42 Å². The van der Waals surface area contributed by atoms with Crippen LogP contribution in [0.4, 0.5) is 13.2 Å². The molecule has 2 rings (SSSR count). The van der Waals surface area contributed by atoms with Gasteiger partial charge in [-0.3, -0.25) is 0 Å². The molecule has 0 aromatic heterocycles. The summed E-state index contributed by atoms with van der Waals surface area (Å²) >= 11 is 0. The Hall–Kier alpha value is -0.250. The minimum atomic E-state index is -4.21. The maximum Gasteiger partial charge on any atom is 0.414 e. The Morgan fingerprint density at radius 2 is 1.50 bits per heavy atom. The third-order valence-corrected chi connectivity index (χ3v) is 5.94.